The van der Waals surface area contributed by atoms with Gasteiger partial charge in [0.1, 0.15) is 0 Å². The van der Waals surface area contributed by atoms with E-state index in [0.29, 0.717) is 32.2 Å². The third kappa shape index (κ3) is 7.56. The van der Waals surface area contributed by atoms with E-state index in [-0.39, 0.29) is 36.4 Å². The molecule has 0 N–H and O–H groups in total. The summed E-state index contributed by atoms with van der Waals surface area (Å²) in [4.78, 5) is 29.2. The van der Waals surface area contributed by atoms with Gasteiger partial charge in [-0.1, -0.05) is 43.7 Å². The number of carbonyl (C=O) groups excluding carboxylic acids is 2. The molecule has 2 aromatic rings. The summed E-state index contributed by atoms with van der Waals surface area (Å²) in [5.74, 6) is -0.0643. The number of hydrogen-bond donors (Lipinski definition) is 0. The van der Waals surface area contributed by atoms with E-state index < -0.39 is 11.7 Å². The molecule has 1 atom stereocenters. The van der Waals surface area contributed by atoms with Crippen LogP contribution in [0.5, 0.6) is 0 Å². The van der Waals surface area contributed by atoms with E-state index in [4.69, 9.17) is 4.74 Å². The number of alkyl halides is 3. The molecule has 1 aliphatic rings. The lowest BCUT2D eigenvalue weighted by atomic mass is 10.0. The van der Waals surface area contributed by atoms with E-state index >= 15 is 0 Å². The van der Waals surface area contributed by atoms with Gasteiger partial charge < -0.3 is 14.5 Å². The fraction of sp³-hybridized carbons (Fsp3) is 0.481. The van der Waals surface area contributed by atoms with Gasteiger partial charge in [0.2, 0.25) is 5.91 Å². The average molecular weight is 491 g/mol. The highest BCUT2D eigenvalue weighted by Crippen LogP contribution is 2.29. The van der Waals surface area contributed by atoms with Gasteiger partial charge in [-0.25, -0.2) is 0 Å². The molecule has 1 heterocycles. The minimum Gasteiger partial charge on any atom is -0.375 e. The summed E-state index contributed by atoms with van der Waals surface area (Å²) in [5, 5.41) is 0. The predicted molar refractivity (Wildman–Crippen MR) is 128 cm³/mol. The molecule has 0 spiro atoms. The second-order valence-electron chi connectivity index (χ2n) is 9.49. The highest BCUT2D eigenvalue weighted by Gasteiger charge is 2.32. The zero-order valence-corrected chi connectivity index (χ0v) is 20.5. The molecule has 190 valence electrons. The van der Waals surface area contributed by atoms with Crippen LogP contribution in [0.3, 0.4) is 0 Å². The molecule has 35 heavy (non-hydrogen) atoms. The molecule has 5 nitrogen and oxygen atoms in total. The van der Waals surface area contributed by atoms with Crippen LogP contribution in [0.4, 0.5) is 13.2 Å². The topological polar surface area (TPSA) is 49.9 Å². The molecular formula is C27H33F3N2O3. The van der Waals surface area contributed by atoms with Crippen molar-refractivity contribution in [1.29, 1.82) is 0 Å². The first-order valence-corrected chi connectivity index (χ1v) is 11.9. The summed E-state index contributed by atoms with van der Waals surface area (Å²) in [7, 11) is 0. The van der Waals surface area contributed by atoms with Crippen LogP contribution in [0, 0.1) is 12.8 Å². The molecular weight excluding hydrogens is 457 g/mol. The molecule has 0 saturated carbocycles. The largest absolute Gasteiger partial charge is 0.416 e. The zero-order valence-electron chi connectivity index (χ0n) is 20.5. The van der Waals surface area contributed by atoms with E-state index in [1.165, 1.54) is 12.1 Å². The van der Waals surface area contributed by atoms with Gasteiger partial charge in [0.25, 0.3) is 5.91 Å². The third-order valence-electron chi connectivity index (χ3n) is 6.12. The molecule has 3 rings (SSSR count). The summed E-state index contributed by atoms with van der Waals surface area (Å²) >= 11 is 0. The maximum absolute atomic E-state index is 13.0. The molecule has 8 heteroatoms. The highest BCUT2D eigenvalue weighted by molar-refractivity contribution is 5.94. The number of benzene rings is 2. The minimum atomic E-state index is -4.45. The first-order valence-electron chi connectivity index (χ1n) is 11.9. The number of carbonyl (C=O) groups is 2. The van der Waals surface area contributed by atoms with Gasteiger partial charge in [0.05, 0.1) is 24.8 Å². The Morgan fingerprint density at radius 3 is 2.40 bits per heavy atom. The predicted octanol–water partition coefficient (Wildman–Crippen LogP) is 5.32. The Morgan fingerprint density at radius 1 is 1.06 bits per heavy atom. The SMILES string of the molecule is Cc1cccc(COCC(CC(C)C)N2CCN(C(=O)c3ccc(C(F)(F)F)cc3)CCC2=O)c1. The van der Waals surface area contributed by atoms with E-state index in [9.17, 15) is 22.8 Å². The van der Waals surface area contributed by atoms with E-state index in [2.05, 4.69) is 19.9 Å². The van der Waals surface area contributed by atoms with Crippen LogP contribution in [-0.2, 0) is 22.3 Å². The summed E-state index contributed by atoms with van der Waals surface area (Å²) in [6, 6.07) is 12.2. The molecule has 1 aliphatic heterocycles. The number of amides is 2. The van der Waals surface area contributed by atoms with Crippen molar-refractivity contribution in [2.45, 2.75) is 52.4 Å². The third-order valence-corrected chi connectivity index (χ3v) is 6.12. The lowest BCUT2D eigenvalue weighted by Gasteiger charge is -2.32. The van der Waals surface area contributed by atoms with Gasteiger partial charge in [-0.15, -0.1) is 0 Å². The van der Waals surface area contributed by atoms with Gasteiger partial charge in [-0.2, -0.15) is 13.2 Å². The normalized spacial score (nSPS) is 15.9. The molecule has 0 bridgehead atoms. The van der Waals surface area contributed by atoms with Crippen LogP contribution in [0.2, 0.25) is 0 Å². The van der Waals surface area contributed by atoms with Crippen LogP contribution in [0.15, 0.2) is 48.5 Å². The number of ether oxygens (including phenoxy) is 1. The van der Waals surface area contributed by atoms with Crippen molar-refractivity contribution in [1.82, 2.24) is 9.80 Å². The lowest BCUT2D eigenvalue weighted by Crippen LogP contribution is -2.45. The maximum Gasteiger partial charge on any atom is 0.416 e. The summed E-state index contributed by atoms with van der Waals surface area (Å²) in [6.45, 7) is 7.97. The van der Waals surface area contributed by atoms with Gasteiger partial charge in [-0.3, -0.25) is 9.59 Å². The molecule has 0 radical (unpaired) electrons. The van der Waals surface area contributed by atoms with Crippen LogP contribution >= 0.6 is 0 Å². The van der Waals surface area contributed by atoms with E-state index in [1.807, 2.05) is 25.1 Å². The van der Waals surface area contributed by atoms with Crippen LogP contribution in [0.1, 0.15) is 53.7 Å². The summed E-state index contributed by atoms with van der Waals surface area (Å²) in [5.41, 5.74) is 1.61. The van der Waals surface area contributed by atoms with Crippen molar-refractivity contribution in [2.75, 3.05) is 26.2 Å². The number of rotatable bonds is 8. The van der Waals surface area contributed by atoms with Crippen molar-refractivity contribution in [3.8, 4) is 0 Å². The fourth-order valence-electron chi connectivity index (χ4n) is 4.36. The minimum absolute atomic E-state index is 0.0440. The van der Waals surface area contributed by atoms with Gasteiger partial charge in [0, 0.05) is 31.6 Å². The first-order chi connectivity index (χ1) is 16.5. The van der Waals surface area contributed by atoms with Crippen molar-refractivity contribution in [3.63, 3.8) is 0 Å². The summed E-state index contributed by atoms with van der Waals surface area (Å²) in [6.07, 6.45) is -3.52. The first kappa shape index (κ1) is 26.7. The summed E-state index contributed by atoms with van der Waals surface area (Å²) < 4.78 is 44.5. The van der Waals surface area contributed by atoms with Crippen LogP contribution < -0.4 is 0 Å². The second-order valence-corrected chi connectivity index (χ2v) is 9.49. The molecule has 0 aromatic heterocycles. The maximum atomic E-state index is 13.0. The lowest BCUT2D eigenvalue weighted by molar-refractivity contribution is -0.137. The Bertz CT molecular complexity index is 1010. The molecule has 1 saturated heterocycles. The smallest absolute Gasteiger partial charge is 0.375 e. The van der Waals surface area contributed by atoms with Crippen molar-refractivity contribution < 1.29 is 27.5 Å². The van der Waals surface area contributed by atoms with Crippen molar-refractivity contribution in [2.24, 2.45) is 5.92 Å². The number of hydrogen-bond acceptors (Lipinski definition) is 3. The standard InChI is InChI=1S/C27H33F3N2O3/c1-19(2)15-24(18-35-17-21-6-4-5-20(3)16-21)32-14-13-31(12-11-25(32)33)26(34)22-7-9-23(10-8-22)27(28,29)30/h4-10,16,19,24H,11-15,17-18H2,1-3H3. The molecule has 2 amide bonds. The van der Waals surface area contributed by atoms with Gasteiger partial charge >= 0.3 is 6.18 Å². The second kappa shape index (κ2) is 11.7. The number of aryl methyl sites for hydroxylation is 1. The van der Waals surface area contributed by atoms with Crippen LogP contribution in [0.25, 0.3) is 0 Å². The highest BCUT2D eigenvalue weighted by atomic mass is 19.4. The molecule has 1 fully saturated rings. The Labute approximate surface area is 204 Å². The van der Waals surface area contributed by atoms with Gasteiger partial charge in [0.15, 0.2) is 0 Å². The monoisotopic (exact) mass is 490 g/mol. The Hall–Kier alpha value is -2.87. The number of halogens is 3. The molecule has 0 aliphatic carbocycles. The molecule has 2 aromatic carbocycles. The zero-order chi connectivity index (χ0) is 25.6. The van der Waals surface area contributed by atoms with Gasteiger partial charge in [-0.05, 0) is 49.1 Å². The van der Waals surface area contributed by atoms with Crippen molar-refractivity contribution >= 4 is 11.8 Å². The van der Waals surface area contributed by atoms with E-state index in [1.54, 1.807) is 9.80 Å². The van der Waals surface area contributed by atoms with E-state index in [0.717, 1.165) is 29.7 Å². The number of nitrogens with zero attached hydrogens (tertiary/aromatic N) is 2. The Balaban J connectivity index is 1.64. The Morgan fingerprint density at radius 2 is 1.77 bits per heavy atom. The van der Waals surface area contributed by atoms with Crippen LogP contribution in [-0.4, -0.2) is 53.9 Å². The molecule has 1 unspecified atom stereocenters. The fourth-order valence-corrected chi connectivity index (χ4v) is 4.36. The quantitative estimate of drug-likeness (QED) is 0.503. The average Bonchev–Trinajstić information content (AvgIpc) is 2.99. The Kier molecular flexibility index (Phi) is 8.94. The van der Waals surface area contributed by atoms with Crippen molar-refractivity contribution in [3.05, 3.63) is 70.8 Å².